The van der Waals surface area contributed by atoms with Crippen LogP contribution in [0.4, 0.5) is 0 Å². The predicted octanol–water partition coefficient (Wildman–Crippen LogP) is 4.63. The predicted molar refractivity (Wildman–Crippen MR) is 115 cm³/mol. The topological polar surface area (TPSA) is 96.0 Å². The molecule has 30 heavy (non-hydrogen) atoms. The van der Waals surface area contributed by atoms with Crippen LogP contribution in [0.1, 0.15) is 0 Å². The maximum absolute atomic E-state index is 4.57. The molecule has 0 radical (unpaired) electrons. The zero-order chi connectivity index (χ0) is 19.9. The minimum atomic E-state index is 0.824. The minimum Gasteiger partial charge on any atom is -0.352 e. The molecule has 0 bridgehead atoms. The van der Waals surface area contributed by atoms with Gasteiger partial charge < -0.3 is 4.98 Å². The molecule has 7 nitrogen and oxygen atoms in total. The van der Waals surface area contributed by atoms with Gasteiger partial charge in [0, 0.05) is 46.7 Å². The number of hydrogen-bond acceptors (Lipinski definition) is 5. The molecule has 7 heteroatoms. The number of rotatable bonds is 3. The molecule has 0 saturated carbocycles. The molecular formula is C23H15N7. The van der Waals surface area contributed by atoms with Gasteiger partial charge in [-0.3, -0.25) is 25.0 Å². The van der Waals surface area contributed by atoms with E-state index in [4.69, 9.17) is 0 Å². The van der Waals surface area contributed by atoms with Gasteiger partial charge in [-0.25, -0.2) is 0 Å². The van der Waals surface area contributed by atoms with Crippen LogP contribution in [0.5, 0.6) is 0 Å². The highest BCUT2D eigenvalue weighted by Crippen LogP contribution is 2.33. The second kappa shape index (κ2) is 6.59. The molecular weight excluding hydrogens is 374 g/mol. The first-order chi connectivity index (χ1) is 14.9. The Morgan fingerprint density at radius 1 is 0.700 bits per heavy atom. The zero-order valence-electron chi connectivity index (χ0n) is 15.7. The van der Waals surface area contributed by atoms with Gasteiger partial charge in [-0.2, -0.15) is 5.10 Å². The van der Waals surface area contributed by atoms with Crippen molar-refractivity contribution in [2.45, 2.75) is 0 Å². The summed E-state index contributed by atoms with van der Waals surface area (Å²) >= 11 is 0. The van der Waals surface area contributed by atoms with E-state index >= 15 is 0 Å². The summed E-state index contributed by atoms with van der Waals surface area (Å²) in [5.74, 6) is 0. The van der Waals surface area contributed by atoms with Crippen molar-refractivity contribution in [1.29, 1.82) is 0 Å². The lowest BCUT2D eigenvalue weighted by molar-refractivity contribution is 1.12. The second-order valence-corrected chi connectivity index (χ2v) is 6.97. The lowest BCUT2D eigenvalue weighted by Crippen LogP contribution is -1.84. The van der Waals surface area contributed by atoms with Crippen LogP contribution < -0.4 is 0 Å². The summed E-state index contributed by atoms with van der Waals surface area (Å²) in [5.41, 5.74) is 7.34. The summed E-state index contributed by atoms with van der Waals surface area (Å²) in [6.07, 6.45) is 10.6. The molecule has 0 aliphatic carbocycles. The molecule has 0 aliphatic rings. The number of benzene rings is 1. The van der Waals surface area contributed by atoms with E-state index in [1.807, 2.05) is 42.7 Å². The number of nitrogens with zero attached hydrogens (tertiary/aromatic N) is 5. The third kappa shape index (κ3) is 2.64. The number of nitrogens with one attached hydrogen (secondary N) is 2. The summed E-state index contributed by atoms with van der Waals surface area (Å²) in [5, 5.41) is 9.76. The minimum absolute atomic E-state index is 0.824. The average Bonchev–Trinajstić information content (AvgIpc) is 3.43. The van der Waals surface area contributed by atoms with E-state index in [9.17, 15) is 0 Å². The lowest BCUT2D eigenvalue weighted by atomic mass is 10.1. The van der Waals surface area contributed by atoms with Crippen LogP contribution in [0.3, 0.4) is 0 Å². The van der Waals surface area contributed by atoms with Crippen molar-refractivity contribution in [3.63, 3.8) is 0 Å². The summed E-state index contributed by atoms with van der Waals surface area (Å²) in [4.78, 5) is 20.9. The Hall–Kier alpha value is -4.39. The van der Waals surface area contributed by atoms with Crippen LogP contribution in [-0.2, 0) is 0 Å². The summed E-state index contributed by atoms with van der Waals surface area (Å²) < 4.78 is 0. The molecule has 0 fully saturated rings. The van der Waals surface area contributed by atoms with Crippen LogP contribution in [0.2, 0.25) is 0 Å². The molecule has 6 rings (SSSR count). The third-order valence-corrected chi connectivity index (χ3v) is 5.16. The van der Waals surface area contributed by atoms with Gasteiger partial charge in [-0.1, -0.05) is 12.1 Å². The number of pyridine rings is 2. The molecule has 0 unspecified atom stereocenters. The van der Waals surface area contributed by atoms with Crippen LogP contribution in [0.15, 0.2) is 79.6 Å². The van der Waals surface area contributed by atoms with Crippen molar-refractivity contribution in [3.05, 3.63) is 79.6 Å². The first kappa shape index (κ1) is 16.6. The molecule has 5 aromatic heterocycles. The van der Waals surface area contributed by atoms with Gasteiger partial charge in [0.15, 0.2) is 0 Å². The number of fused-ring (bicyclic) bond motifs is 2. The van der Waals surface area contributed by atoms with Gasteiger partial charge in [-0.05, 0) is 30.3 Å². The Kier molecular flexibility index (Phi) is 3.64. The Balaban J connectivity index is 1.52. The van der Waals surface area contributed by atoms with Crippen molar-refractivity contribution < 1.29 is 0 Å². The molecule has 0 amide bonds. The molecule has 6 aromatic rings. The summed E-state index contributed by atoms with van der Waals surface area (Å²) in [6, 6.07) is 14.1. The molecule has 5 heterocycles. The van der Waals surface area contributed by atoms with Crippen LogP contribution in [-0.4, -0.2) is 35.1 Å². The van der Waals surface area contributed by atoms with E-state index in [-0.39, 0.29) is 0 Å². The van der Waals surface area contributed by atoms with E-state index in [1.54, 1.807) is 24.8 Å². The molecule has 0 spiro atoms. The number of hydrogen-bond donors (Lipinski definition) is 2. The van der Waals surface area contributed by atoms with Crippen molar-refractivity contribution in [2.24, 2.45) is 0 Å². The van der Waals surface area contributed by atoms with Crippen molar-refractivity contribution in [3.8, 4) is 33.9 Å². The molecule has 2 N–H and O–H groups in total. The highest BCUT2D eigenvalue weighted by atomic mass is 15.1. The maximum Gasteiger partial charge on any atom is 0.116 e. The normalized spacial score (nSPS) is 11.3. The van der Waals surface area contributed by atoms with Crippen LogP contribution in [0.25, 0.3) is 55.7 Å². The zero-order valence-corrected chi connectivity index (χ0v) is 15.7. The number of H-pyrrole nitrogens is 2. The second-order valence-electron chi connectivity index (χ2n) is 6.97. The van der Waals surface area contributed by atoms with Crippen molar-refractivity contribution in [1.82, 2.24) is 35.1 Å². The standard InChI is InChI=1S/C23H15N7/c1-2-6-26-18(3-1)17-11-25-13-22-15(17)10-20(28-22)23-16-9-14(4-5-19(16)29-30-23)21-12-24-7-8-27-21/h1-13,28H,(H,29,30). The molecule has 0 aliphatic heterocycles. The SMILES string of the molecule is c1ccc(-c2cncc3[nH]c(-c4n[nH]c5ccc(-c6cnccn6)cc45)cc23)nc1. The van der Waals surface area contributed by atoms with Gasteiger partial charge >= 0.3 is 0 Å². The summed E-state index contributed by atoms with van der Waals surface area (Å²) in [7, 11) is 0. The van der Waals surface area contributed by atoms with Gasteiger partial charge in [0.05, 0.1) is 40.5 Å². The molecule has 0 saturated heterocycles. The van der Waals surface area contributed by atoms with E-state index in [2.05, 4.69) is 47.2 Å². The van der Waals surface area contributed by atoms with Gasteiger partial charge in [-0.15, -0.1) is 0 Å². The smallest absolute Gasteiger partial charge is 0.116 e. The van der Waals surface area contributed by atoms with E-state index in [1.165, 1.54) is 0 Å². The molecule has 1 aromatic carbocycles. The Labute approximate surface area is 170 Å². The van der Waals surface area contributed by atoms with Crippen LogP contribution in [0, 0.1) is 0 Å². The largest absolute Gasteiger partial charge is 0.352 e. The lowest BCUT2D eigenvalue weighted by Gasteiger charge is -2.01. The first-order valence-electron chi connectivity index (χ1n) is 9.50. The monoisotopic (exact) mass is 389 g/mol. The average molecular weight is 389 g/mol. The highest BCUT2D eigenvalue weighted by Gasteiger charge is 2.15. The third-order valence-electron chi connectivity index (χ3n) is 5.16. The highest BCUT2D eigenvalue weighted by molar-refractivity contribution is 6.00. The Morgan fingerprint density at radius 2 is 1.67 bits per heavy atom. The fourth-order valence-corrected chi connectivity index (χ4v) is 3.73. The number of aromatic nitrogens is 7. The fourth-order valence-electron chi connectivity index (χ4n) is 3.73. The van der Waals surface area contributed by atoms with Crippen LogP contribution >= 0.6 is 0 Å². The maximum atomic E-state index is 4.57. The first-order valence-corrected chi connectivity index (χ1v) is 9.50. The van der Waals surface area contributed by atoms with Crippen molar-refractivity contribution in [2.75, 3.05) is 0 Å². The molecule has 142 valence electrons. The fraction of sp³-hybridized carbons (Fsp3) is 0. The van der Waals surface area contributed by atoms with Crippen molar-refractivity contribution >= 4 is 21.8 Å². The Morgan fingerprint density at radius 3 is 2.53 bits per heavy atom. The van der Waals surface area contributed by atoms with E-state index in [0.29, 0.717) is 0 Å². The molecule has 0 atom stereocenters. The van der Waals surface area contributed by atoms with E-state index in [0.717, 1.165) is 55.7 Å². The van der Waals surface area contributed by atoms with Gasteiger partial charge in [0.25, 0.3) is 0 Å². The number of aromatic amines is 2. The summed E-state index contributed by atoms with van der Waals surface area (Å²) in [6.45, 7) is 0. The van der Waals surface area contributed by atoms with Gasteiger partial charge in [0.2, 0.25) is 0 Å². The van der Waals surface area contributed by atoms with E-state index < -0.39 is 0 Å². The Bertz CT molecular complexity index is 1480. The quantitative estimate of drug-likeness (QED) is 0.460. The van der Waals surface area contributed by atoms with Gasteiger partial charge in [0.1, 0.15) is 5.69 Å².